The first kappa shape index (κ1) is 13.9. The molecule has 3 fully saturated rings. The molecule has 3 aliphatic rings. The molecule has 19 heavy (non-hydrogen) atoms. The lowest BCUT2D eigenvalue weighted by Crippen LogP contribution is -2.58. The first-order valence-electron chi connectivity index (χ1n) is 9.06. The average molecular weight is 263 g/mol. The van der Waals surface area contributed by atoms with Gasteiger partial charge in [0.2, 0.25) is 0 Å². The lowest BCUT2D eigenvalue weighted by molar-refractivity contribution is -0.0389. The van der Waals surface area contributed by atoms with Gasteiger partial charge in [-0.25, -0.2) is 0 Å². The third-order valence-corrected chi connectivity index (χ3v) is 6.36. The van der Waals surface area contributed by atoms with E-state index in [1.807, 2.05) is 0 Å². The Balaban J connectivity index is 1.80. The van der Waals surface area contributed by atoms with Crippen molar-refractivity contribution in [1.29, 1.82) is 0 Å². The van der Waals surface area contributed by atoms with Gasteiger partial charge in [0.05, 0.1) is 0 Å². The van der Waals surface area contributed by atoms with Gasteiger partial charge in [0, 0.05) is 5.54 Å². The maximum absolute atomic E-state index is 2.97. The van der Waals surface area contributed by atoms with E-state index in [1.165, 1.54) is 90.1 Å². The first-order valence-corrected chi connectivity index (χ1v) is 9.06. The number of rotatable bonds is 2. The Morgan fingerprint density at radius 1 is 0.789 bits per heavy atom. The van der Waals surface area contributed by atoms with Crippen LogP contribution in [0.3, 0.4) is 0 Å². The molecular formula is C18H33N. The second kappa shape index (κ2) is 6.16. The quantitative estimate of drug-likeness (QED) is 0.677. The third-order valence-electron chi connectivity index (χ3n) is 6.36. The predicted octanol–water partition coefficient (Wildman–Crippen LogP) is 5.00. The third kappa shape index (κ3) is 2.86. The van der Waals surface area contributed by atoms with Gasteiger partial charge in [-0.1, -0.05) is 45.4 Å². The maximum Gasteiger partial charge on any atom is 0.0240 e. The fourth-order valence-corrected chi connectivity index (χ4v) is 5.46. The first-order chi connectivity index (χ1) is 9.31. The van der Waals surface area contributed by atoms with Crippen molar-refractivity contribution >= 4 is 0 Å². The van der Waals surface area contributed by atoms with Gasteiger partial charge in [-0.05, 0) is 63.5 Å². The monoisotopic (exact) mass is 263 g/mol. The van der Waals surface area contributed by atoms with Crippen molar-refractivity contribution < 1.29 is 0 Å². The summed E-state index contributed by atoms with van der Waals surface area (Å²) in [5.74, 6) is 2.00. The molecule has 0 aromatic heterocycles. The van der Waals surface area contributed by atoms with Gasteiger partial charge in [-0.2, -0.15) is 0 Å². The molecule has 1 heterocycles. The zero-order valence-electron chi connectivity index (χ0n) is 13.0. The lowest BCUT2D eigenvalue weighted by atomic mass is 9.64. The fourth-order valence-electron chi connectivity index (χ4n) is 5.46. The van der Waals surface area contributed by atoms with Gasteiger partial charge < -0.3 is 0 Å². The van der Waals surface area contributed by atoms with Crippen molar-refractivity contribution in [1.82, 2.24) is 4.90 Å². The SMILES string of the molecule is CC1CCCC(C2CCCCC2)(N2CCCCC2)C1. The fraction of sp³-hybridized carbons (Fsp3) is 1.00. The molecule has 2 aliphatic carbocycles. The van der Waals surface area contributed by atoms with E-state index in [2.05, 4.69) is 11.8 Å². The summed E-state index contributed by atoms with van der Waals surface area (Å²) in [6.07, 6.45) is 18.0. The van der Waals surface area contributed by atoms with Gasteiger partial charge in [0.15, 0.2) is 0 Å². The standard InChI is InChI=1S/C18H33N/c1-16-9-8-12-18(15-16,17-10-4-2-5-11-17)19-13-6-3-7-14-19/h16-17H,2-15H2,1H3. The Morgan fingerprint density at radius 3 is 2.16 bits per heavy atom. The molecule has 1 aliphatic heterocycles. The summed E-state index contributed by atoms with van der Waals surface area (Å²) < 4.78 is 0. The van der Waals surface area contributed by atoms with Crippen LogP contribution in [0, 0.1) is 11.8 Å². The molecule has 0 bridgehead atoms. The smallest absolute Gasteiger partial charge is 0.0240 e. The van der Waals surface area contributed by atoms with E-state index in [0.29, 0.717) is 5.54 Å². The molecule has 0 N–H and O–H groups in total. The molecule has 2 saturated carbocycles. The second-order valence-corrected chi connectivity index (χ2v) is 7.69. The summed E-state index contributed by atoms with van der Waals surface area (Å²) in [4.78, 5) is 2.97. The van der Waals surface area contributed by atoms with Crippen LogP contribution in [0.25, 0.3) is 0 Å². The Labute approximate surface area is 120 Å². The zero-order chi connectivity index (χ0) is 13.1. The molecule has 0 spiro atoms. The van der Waals surface area contributed by atoms with Crippen LogP contribution >= 0.6 is 0 Å². The minimum absolute atomic E-state index is 0.624. The van der Waals surface area contributed by atoms with Crippen LogP contribution in [0.15, 0.2) is 0 Å². The molecule has 0 radical (unpaired) electrons. The number of likely N-dealkylation sites (tertiary alicyclic amines) is 1. The van der Waals surface area contributed by atoms with Crippen LogP contribution in [-0.2, 0) is 0 Å². The Hall–Kier alpha value is -0.0400. The number of hydrogen-bond acceptors (Lipinski definition) is 1. The molecule has 1 nitrogen and oxygen atoms in total. The van der Waals surface area contributed by atoms with Crippen LogP contribution in [0.5, 0.6) is 0 Å². The molecule has 0 aromatic rings. The van der Waals surface area contributed by atoms with E-state index < -0.39 is 0 Å². The van der Waals surface area contributed by atoms with Crippen LogP contribution in [0.2, 0.25) is 0 Å². The summed E-state index contributed by atoms with van der Waals surface area (Å²) in [6.45, 7) is 5.33. The largest absolute Gasteiger partial charge is 0.297 e. The lowest BCUT2D eigenvalue weighted by Gasteiger charge is -2.55. The highest BCUT2D eigenvalue weighted by Gasteiger charge is 2.46. The molecule has 1 heteroatoms. The van der Waals surface area contributed by atoms with Crippen molar-refractivity contribution in [2.24, 2.45) is 11.8 Å². The highest BCUT2D eigenvalue weighted by atomic mass is 15.2. The summed E-state index contributed by atoms with van der Waals surface area (Å²) in [5, 5.41) is 0. The summed E-state index contributed by atoms with van der Waals surface area (Å²) in [6, 6.07) is 0. The van der Waals surface area contributed by atoms with Gasteiger partial charge in [0.1, 0.15) is 0 Å². The normalized spacial score (nSPS) is 39.3. The van der Waals surface area contributed by atoms with E-state index in [1.54, 1.807) is 0 Å². The van der Waals surface area contributed by atoms with Crippen molar-refractivity contribution in [2.75, 3.05) is 13.1 Å². The van der Waals surface area contributed by atoms with Crippen LogP contribution in [-0.4, -0.2) is 23.5 Å². The maximum atomic E-state index is 2.97. The summed E-state index contributed by atoms with van der Waals surface area (Å²) >= 11 is 0. The molecule has 2 atom stereocenters. The molecular weight excluding hydrogens is 230 g/mol. The Bertz CT molecular complexity index is 255. The topological polar surface area (TPSA) is 3.24 Å². The number of nitrogens with zero attached hydrogens (tertiary/aromatic N) is 1. The van der Waals surface area contributed by atoms with Crippen molar-refractivity contribution in [3.8, 4) is 0 Å². The predicted molar refractivity (Wildman–Crippen MR) is 82.4 cm³/mol. The molecule has 2 unspecified atom stereocenters. The van der Waals surface area contributed by atoms with Crippen LogP contribution < -0.4 is 0 Å². The van der Waals surface area contributed by atoms with Gasteiger partial charge in [-0.3, -0.25) is 4.90 Å². The highest BCUT2D eigenvalue weighted by Crippen LogP contribution is 2.47. The number of hydrogen-bond donors (Lipinski definition) is 0. The molecule has 0 aromatic carbocycles. The second-order valence-electron chi connectivity index (χ2n) is 7.69. The molecule has 0 amide bonds. The van der Waals surface area contributed by atoms with Crippen molar-refractivity contribution in [2.45, 2.75) is 89.5 Å². The Morgan fingerprint density at radius 2 is 1.47 bits per heavy atom. The van der Waals surface area contributed by atoms with Crippen LogP contribution in [0.4, 0.5) is 0 Å². The zero-order valence-corrected chi connectivity index (χ0v) is 13.0. The summed E-state index contributed by atoms with van der Waals surface area (Å²) in [7, 11) is 0. The van der Waals surface area contributed by atoms with E-state index >= 15 is 0 Å². The van der Waals surface area contributed by atoms with E-state index in [0.717, 1.165) is 11.8 Å². The molecule has 110 valence electrons. The minimum Gasteiger partial charge on any atom is -0.297 e. The average Bonchev–Trinajstić information content (AvgIpc) is 2.49. The van der Waals surface area contributed by atoms with Gasteiger partial charge in [-0.15, -0.1) is 0 Å². The van der Waals surface area contributed by atoms with E-state index in [9.17, 15) is 0 Å². The molecule has 3 rings (SSSR count). The highest BCUT2D eigenvalue weighted by molar-refractivity contribution is 5.01. The Kier molecular flexibility index (Phi) is 4.51. The van der Waals surface area contributed by atoms with E-state index in [-0.39, 0.29) is 0 Å². The van der Waals surface area contributed by atoms with Crippen molar-refractivity contribution in [3.05, 3.63) is 0 Å². The number of piperidine rings is 1. The van der Waals surface area contributed by atoms with E-state index in [4.69, 9.17) is 0 Å². The summed E-state index contributed by atoms with van der Waals surface area (Å²) in [5.41, 5.74) is 0.624. The van der Waals surface area contributed by atoms with Crippen molar-refractivity contribution in [3.63, 3.8) is 0 Å². The minimum atomic E-state index is 0.624. The van der Waals surface area contributed by atoms with Gasteiger partial charge in [0.25, 0.3) is 0 Å². The van der Waals surface area contributed by atoms with Crippen LogP contribution in [0.1, 0.15) is 84.0 Å². The van der Waals surface area contributed by atoms with Gasteiger partial charge >= 0.3 is 0 Å². The molecule has 1 saturated heterocycles.